The van der Waals surface area contributed by atoms with Gasteiger partial charge in [0.05, 0.1) is 0 Å². The lowest BCUT2D eigenvalue weighted by Crippen LogP contribution is -2.04. The zero-order chi connectivity index (χ0) is 12.1. The van der Waals surface area contributed by atoms with E-state index in [1.807, 2.05) is 6.92 Å². The van der Waals surface area contributed by atoms with Gasteiger partial charge in [-0.05, 0) is 24.1 Å². The molecule has 0 atom stereocenters. The molecule has 0 aliphatic heterocycles. The van der Waals surface area contributed by atoms with Gasteiger partial charge in [0, 0.05) is 5.56 Å². The van der Waals surface area contributed by atoms with Crippen molar-refractivity contribution in [2.45, 2.75) is 13.3 Å². The minimum absolute atomic E-state index is 0.0586. The van der Waals surface area contributed by atoms with Crippen LogP contribution in [-0.2, 0) is 0 Å². The van der Waals surface area contributed by atoms with Crippen LogP contribution in [0.1, 0.15) is 23.7 Å². The highest BCUT2D eigenvalue weighted by Crippen LogP contribution is 2.23. The number of hydrogen-bond acceptors (Lipinski definition) is 2. The van der Waals surface area contributed by atoms with Crippen LogP contribution in [0.5, 0.6) is 5.75 Å². The molecule has 1 aromatic rings. The van der Waals surface area contributed by atoms with E-state index >= 15 is 0 Å². The Morgan fingerprint density at radius 3 is 2.44 bits per heavy atom. The first-order chi connectivity index (χ1) is 7.58. The number of ether oxygens (including phenoxy) is 1. The molecule has 0 N–H and O–H groups in total. The summed E-state index contributed by atoms with van der Waals surface area (Å²) in [7, 11) is 0. The Hall–Kier alpha value is -1.71. The van der Waals surface area contributed by atoms with Crippen LogP contribution in [0.25, 0.3) is 0 Å². The first-order valence-electron chi connectivity index (χ1n) is 4.82. The van der Waals surface area contributed by atoms with Crippen molar-refractivity contribution in [2.24, 2.45) is 0 Å². The molecule has 0 spiro atoms. The molecular formula is C12H12F2O2. The molecule has 1 rings (SSSR count). The van der Waals surface area contributed by atoms with Crippen LogP contribution in [0.3, 0.4) is 0 Å². The summed E-state index contributed by atoms with van der Waals surface area (Å²) < 4.78 is 31.6. The monoisotopic (exact) mass is 226 g/mol. The predicted molar refractivity (Wildman–Crippen MR) is 56.7 cm³/mol. The van der Waals surface area contributed by atoms with Crippen LogP contribution >= 0.6 is 0 Å². The molecule has 4 heteroatoms. The minimum Gasteiger partial charge on any atom is -0.483 e. The van der Waals surface area contributed by atoms with Gasteiger partial charge >= 0.3 is 0 Å². The molecule has 0 aliphatic carbocycles. The largest absolute Gasteiger partial charge is 0.483 e. The second-order valence-electron chi connectivity index (χ2n) is 3.32. The van der Waals surface area contributed by atoms with E-state index in [0.29, 0.717) is 12.7 Å². The third kappa shape index (κ3) is 2.89. The standard InChI is InChI=1S/C12H12F2O2/c1-3-8(2)7-16-12-10(13)4-9(6-15)5-11(12)14/h4-6H,2-3,7H2,1H3. The first-order valence-corrected chi connectivity index (χ1v) is 4.82. The van der Waals surface area contributed by atoms with Crippen LogP contribution in [0.15, 0.2) is 24.3 Å². The van der Waals surface area contributed by atoms with Crippen LogP contribution < -0.4 is 4.74 Å². The number of halogens is 2. The molecule has 0 aliphatic rings. The summed E-state index contributed by atoms with van der Waals surface area (Å²) >= 11 is 0. The molecule has 2 nitrogen and oxygen atoms in total. The smallest absolute Gasteiger partial charge is 0.191 e. The SMILES string of the molecule is C=C(CC)COc1c(F)cc(C=O)cc1F. The molecule has 0 bridgehead atoms. The van der Waals surface area contributed by atoms with Crippen molar-refractivity contribution < 1.29 is 18.3 Å². The first kappa shape index (κ1) is 12.4. The van der Waals surface area contributed by atoms with E-state index in [-0.39, 0.29) is 12.2 Å². The zero-order valence-corrected chi connectivity index (χ0v) is 8.93. The molecule has 0 heterocycles. The van der Waals surface area contributed by atoms with Crippen molar-refractivity contribution >= 4 is 6.29 Å². The fraction of sp³-hybridized carbons (Fsp3) is 0.250. The third-order valence-corrected chi connectivity index (χ3v) is 2.08. The highest BCUT2D eigenvalue weighted by molar-refractivity contribution is 5.75. The van der Waals surface area contributed by atoms with Gasteiger partial charge in [-0.3, -0.25) is 4.79 Å². The molecule has 0 amide bonds. The van der Waals surface area contributed by atoms with Crippen LogP contribution in [0, 0.1) is 11.6 Å². The number of benzene rings is 1. The Bertz CT molecular complexity index is 390. The van der Waals surface area contributed by atoms with E-state index in [9.17, 15) is 13.6 Å². The van der Waals surface area contributed by atoms with Gasteiger partial charge in [-0.1, -0.05) is 13.5 Å². The molecule has 0 fully saturated rings. The minimum atomic E-state index is -0.883. The topological polar surface area (TPSA) is 26.3 Å². The van der Waals surface area contributed by atoms with Crippen molar-refractivity contribution in [3.8, 4) is 5.75 Å². The number of hydrogen-bond donors (Lipinski definition) is 0. The quantitative estimate of drug-likeness (QED) is 0.569. The Labute approximate surface area is 92.5 Å². The molecular weight excluding hydrogens is 214 g/mol. The predicted octanol–water partition coefficient (Wildman–Crippen LogP) is 3.12. The van der Waals surface area contributed by atoms with E-state index in [1.165, 1.54) is 0 Å². The summed E-state index contributed by atoms with van der Waals surface area (Å²) in [5, 5.41) is 0. The summed E-state index contributed by atoms with van der Waals surface area (Å²) in [6, 6.07) is 1.86. The van der Waals surface area contributed by atoms with Crippen molar-refractivity contribution in [3.05, 3.63) is 41.5 Å². The van der Waals surface area contributed by atoms with E-state index in [1.54, 1.807) is 0 Å². The maximum atomic E-state index is 13.3. The van der Waals surface area contributed by atoms with Crippen molar-refractivity contribution in [1.82, 2.24) is 0 Å². The Balaban J connectivity index is 2.88. The summed E-state index contributed by atoms with van der Waals surface area (Å²) in [6.07, 6.45) is 1.05. The van der Waals surface area contributed by atoms with Crippen molar-refractivity contribution in [2.75, 3.05) is 6.61 Å². The summed E-state index contributed by atoms with van der Waals surface area (Å²) in [4.78, 5) is 10.3. The van der Waals surface area contributed by atoms with Gasteiger partial charge in [-0.15, -0.1) is 0 Å². The van der Waals surface area contributed by atoms with Crippen molar-refractivity contribution in [3.63, 3.8) is 0 Å². The molecule has 0 unspecified atom stereocenters. The van der Waals surface area contributed by atoms with Crippen LogP contribution in [0.4, 0.5) is 8.78 Å². The van der Waals surface area contributed by atoms with E-state index in [2.05, 4.69) is 6.58 Å². The number of aldehydes is 1. The zero-order valence-electron chi connectivity index (χ0n) is 8.93. The maximum Gasteiger partial charge on any atom is 0.191 e. The van der Waals surface area contributed by atoms with Gasteiger partial charge in [-0.2, -0.15) is 0 Å². The summed E-state index contributed by atoms with van der Waals surface area (Å²) in [5.74, 6) is -2.24. The highest BCUT2D eigenvalue weighted by Gasteiger charge is 2.12. The Kier molecular flexibility index (Phi) is 4.17. The maximum absolute atomic E-state index is 13.3. The Morgan fingerprint density at radius 2 is 2.00 bits per heavy atom. The van der Waals surface area contributed by atoms with Crippen LogP contribution in [-0.4, -0.2) is 12.9 Å². The molecule has 0 saturated heterocycles. The summed E-state index contributed by atoms with van der Waals surface area (Å²) in [6.45, 7) is 5.58. The van der Waals surface area contributed by atoms with E-state index in [4.69, 9.17) is 4.74 Å². The summed E-state index contributed by atoms with van der Waals surface area (Å²) in [5.41, 5.74) is 0.676. The molecule has 16 heavy (non-hydrogen) atoms. The van der Waals surface area contributed by atoms with Crippen LogP contribution in [0.2, 0.25) is 0 Å². The lowest BCUT2D eigenvalue weighted by molar-refractivity contribution is 0.112. The van der Waals surface area contributed by atoms with Gasteiger partial charge in [0.15, 0.2) is 17.4 Å². The van der Waals surface area contributed by atoms with Gasteiger partial charge in [0.2, 0.25) is 0 Å². The number of carbonyl (C=O) groups excluding carboxylic acids is 1. The fourth-order valence-electron chi connectivity index (χ4n) is 1.06. The van der Waals surface area contributed by atoms with E-state index in [0.717, 1.165) is 17.7 Å². The normalized spacial score (nSPS) is 9.94. The average molecular weight is 226 g/mol. The molecule has 0 radical (unpaired) electrons. The number of rotatable bonds is 5. The second kappa shape index (κ2) is 5.39. The van der Waals surface area contributed by atoms with Gasteiger partial charge in [0.25, 0.3) is 0 Å². The lowest BCUT2D eigenvalue weighted by atomic mass is 10.2. The second-order valence-corrected chi connectivity index (χ2v) is 3.32. The number of carbonyl (C=O) groups is 1. The lowest BCUT2D eigenvalue weighted by Gasteiger charge is -2.09. The molecule has 0 saturated carbocycles. The van der Waals surface area contributed by atoms with Gasteiger partial charge < -0.3 is 4.74 Å². The fourth-order valence-corrected chi connectivity index (χ4v) is 1.06. The van der Waals surface area contributed by atoms with Crippen molar-refractivity contribution in [1.29, 1.82) is 0 Å². The van der Waals surface area contributed by atoms with Gasteiger partial charge in [-0.25, -0.2) is 8.78 Å². The molecule has 86 valence electrons. The molecule has 1 aromatic carbocycles. The Morgan fingerprint density at radius 1 is 1.44 bits per heavy atom. The average Bonchev–Trinajstić information content (AvgIpc) is 2.27. The third-order valence-electron chi connectivity index (χ3n) is 2.08. The highest BCUT2D eigenvalue weighted by atomic mass is 19.1. The van der Waals surface area contributed by atoms with E-state index < -0.39 is 17.4 Å². The molecule has 0 aromatic heterocycles. The van der Waals surface area contributed by atoms with Gasteiger partial charge in [0.1, 0.15) is 12.9 Å².